The molecule has 0 aliphatic carbocycles. The van der Waals surface area contributed by atoms with Gasteiger partial charge in [0.1, 0.15) is 5.60 Å². The molecular weight excluding hydrogens is 314 g/mol. The fourth-order valence-electron chi connectivity index (χ4n) is 1.74. The van der Waals surface area contributed by atoms with Crippen LogP contribution in [0.25, 0.3) is 0 Å². The molecule has 1 aromatic rings. The van der Waals surface area contributed by atoms with E-state index in [4.69, 9.17) is 4.74 Å². The van der Waals surface area contributed by atoms with Crippen LogP contribution in [0.3, 0.4) is 0 Å². The van der Waals surface area contributed by atoms with Gasteiger partial charge in [0.2, 0.25) is 0 Å². The van der Waals surface area contributed by atoms with Gasteiger partial charge in [0.15, 0.2) is 0 Å². The lowest BCUT2D eigenvalue weighted by Crippen LogP contribution is -2.35. The zero-order valence-corrected chi connectivity index (χ0v) is 13.3. The van der Waals surface area contributed by atoms with Crippen LogP contribution >= 0.6 is 0 Å². The van der Waals surface area contributed by atoms with Gasteiger partial charge < -0.3 is 22.4 Å². The summed E-state index contributed by atoms with van der Waals surface area (Å²) in [5.74, 6) is -0.681. The highest BCUT2D eigenvalue weighted by molar-refractivity contribution is 6.73. The van der Waals surface area contributed by atoms with Gasteiger partial charge in [0.25, 0.3) is 0 Å². The molecule has 0 saturated carbocycles. The van der Waals surface area contributed by atoms with Crippen molar-refractivity contribution in [1.29, 1.82) is 0 Å². The summed E-state index contributed by atoms with van der Waals surface area (Å²) in [5, 5.41) is 2.24. The molecule has 1 N–H and O–H groups in total. The first kappa shape index (κ1) is 18.9. The number of anilines is 1. The van der Waals surface area contributed by atoms with Crippen LogP contribution < -0.4 is 10.8 Å². The molecule has 1 rings (SSSR count). The summed E-state index contributed by atoms with van der Waals surface area (Å²) in [6.07, 6.45) is -1.21. The van der Waals surface area contributed by atoms with Crippen LogP contribution in [0.1, 0.15) is 26.3 Å². The van der Waals surface area contributed by atoms with Gasteiger partial charge in [-0.05, 0) is 32.4 Å². The quantitative estimate of drug-likeness (QED) is 0.680. The van der Waals surface area contributed by atoms with Gasteiger partial charge in [-0.15, -0.1) is 5.46 Å². The Morgan fingerprint density at radius 1 is 1.17 bits per heavy atom. The van der Waals surface area contributed by atoms with Crippen molar-refractivity contribution < 1.29 is 32.0 Å². The lowest BCUT2D eigenvalue weighted by Gasteiger charge is -2.21. The Labute approximate surface area is 132 Å². The largest absolute Gasteiger partial charge is 0.509 e. The molecule has 0 aliphatic heterocycles. The van der Waals surface area contributed by atoms with Crippen molar-refractivity contribution in [2.75, 3.05) is 12.4 Å². The average Bonchev–Trinajstić information content (AvgIpc) is 2.34. The number of nitrogens with one attached hydrogen (secondary N) is 1. The molecule has 9 heteroatoms. The zero-order chi connectivity index (χ0) is 17.8. The van der Waals surface area contributed by atoms with Crippen LogP contribution in [-0.4, -0.2) is 31.8 Å². The first-order chi connectivity index (χ1) is 10.4. The normalized spacial score (nSPS) is 11.8. The fourth-order valence-corrected chi connectivity index (χ4v) is 1.74. The van der Waals surface area contributed by atoms with E-state index in [2.05, 4.69) is 10.1 Å². The van der Waals surface area contributed by atoms with Crippen molar-refractivity contribution in [3.63, 3.8) is 0 Å². The summed E-state index contributed by atoms with van der Waals surface area (Å²) in [6.45, 7) is -0.394. The van der Waals surface area contributed by atoms with Crippen LogP contribution in [0.2, 0.25) is 0 Å². The predicted molar refractivity (Wildman–Crippen MR) is 80.7 cm³/mol. The highest BCUT2D eigenvalue weighted by atomic mass is 19.4. The van der Waals surface area contributed by atoms with Crippen LogP contribution in [0, 0.1) is 0 Å². The molecule has 0 aromatic heterocycles. The number of amides is 1. The van der Waals surface area contributed by atoms with Crippen LogP contribution in [0.5, 0.6) is 0 Å². The molecule has 0 atom stereocenters. The van der Waals surface area contributed by atoms with E-state index in [0.717, 1.165) is 19.2 Å². The number of rotatable bonds is 4. The SMILES string of the molecule is COC(=O)Cc1cc(NC(=O)OC(C)(C)C)cc([B-](F)(F)F)c1. The lowest BCUT2D eigenvalue weighted by molar-refractivity contribution is -0.139. The van der Waals surface area contributed by atoms with Crippen LogP contribution in [0.15, 0.2) is 18.2 Å². The van der Waals surface area contributed by atoms with E-state index in [1.54, 1.807) is 20.8 Å². The summed E-state index contributed by atoms with van der Waals surface area (Å²) in [6, 6.07) is 2.92. The highest BCUT2D eigenvalue weighted by Gasteiger charge is 2.27. The number of halogens is 3. The molecule has 0 heterocycles. The maximum atomic E-state index is 13.0. The van der Waals surface area contributed by atoms with Crippen molar-refractivity contribution in [1.82, 2.24) is 0 Å². The first-order valence-corrected chi connectivity index (χ1v) is 6.81. The molecule has 0 fully saturated rings. The zero-order valence-electron chi connectivity index (χ0n) is 13.3. The Bertz CT molecular complexity index is 597. The Morgan fingerprint density at radius 3 is 2.26 bits per heavy atom. The first-order valence-electron chi connectivity index (χ1n) is 6.81. The van der Waals surface area contributed by atoms with Gasteiger partial charge in [0, 0.05) is 5.69 Å². The number of carbonyl (C=O) groups excluding carboxylic acids is 2. The Kier molecular flexibility index (Phi) is 5.68. The standard InChI is InChI=1S/C14H18BF3NO4/c1-14(2,3)23-13(21)19-11-6-9(7-12(20)22-4)5-10(8-11)15(16,17)18/h5-6,8H,7H2,1-4H3,(H,19,21)/q-1. The number of hydrogen-bond acceptors (Lipinski definition) is 4. The third kappa shape index (κ3) is 6.62. The average molecular weight is 332 g/mol. The molecule has 1 amide bonds. The summed E-state index contributed by atoms with van der Waals surface area (Å²) in [5.41, 5.74) is -1.73. The van der Waals surface area contributed by atoms with E-state index in [1.807, 2.05) is 0 Å². The second-order valence-corrected chi connectivity index (χ2v) is 5.92. The van der Waals surface area contributed by atoms with Gasteiger partial charge in [-0.25, -0.2) is 4.79 Å². The molecule has 0 aliphatic rings. The maximum absolute atomic E-state index is 13.0. The van der Waals surface area contributed by atoms with Crippen molar-refractivity contribution >= 4 is 30.2 Å². The van der Waals surface area contributed by atoms with Crippen LogP contribution in [0.4, 0.5) is 23.4 Å². The molecule has 0 spiro atoms. The third-order valence-corrected chi connectivity index (χ3v) is 2.61. The van der Waals surface area contributed by atoms with Gasteiger partial charge in [-0.3, -0.25) is 10.1 Å². The minimum Gasteiger partial charge on any atom is -0.469 e. The Hall–Kier alpha value is -2.19. The van der Waals surface area contributed by atoms with E-state index in [0.29, 0.717) is 0 Å². The van der Waals surface area contributed by atoms with Crippen molar-refractivity contribution in [3.8, 4) is 0 Å². The van der Waals surface area contributed by atoms with Crippen molar-refractivity contribution in [3.05, 3.63) is 23.8 Å². The van der Waals surface area contributed by atoms with E-state index >= 15 is 0 Å². The van der Waals surface area contributed by atoms with E-state index in [9.17, 15) is 22.5 Å². The van der Waals surface area contributed by atoms with Crippen molar-refractivity contribution in [2.45, 2.75) is 32.8 Å². The number of benzene rings is 1. The van der Waals surface area contributed by atoms with E-state index in [-0.39, 0.29) is 17.7 Å². The van der Waals surface area contributed by atoms with Crippen LogP contribution in [-0.2, 0) is 20.7 Å². The Balaban J connectivity index is 3.08. The summed E-state index contributed by atoms with van der Waals surface area (Å²) in [7, 11) is 1.14. The van der Waals surface area contributed by atoms with Gasteiger partial charge in [-0.2, -0.15) is 0 Å². The highest BCUT2D eigenvalue weighted by Crippen LogP contribution is 2.18. The summed E-state index contributed by atoms with van der Waals surface area (Å²) in [4.78, 5) is 22.9. The molecule has 1 aromatic carbocycles. The smallest absolute Gasteiger partial charge is 0.469 e. The van der Waals surface area contributed by atoms with Gasteiger partial charge in [0.05, 0.1) is 13.5 Å². The fraction of sp³-hybridized carbons (Fsp3) is 0.429. The number of ether oxygens (including phenoxy) is 2. The number of carbonyl (C=O) groups is 2. The summed E-state index contributed by atoms with van der Waals surface area (Å²) >= 11 is 0. The minimum absolute atomic E-state index is 0.0830. The second kappa shape index (κ2) is 6.93. The number of hydrogen-bond donors (Lipinski definition) is 1. The van der Waals surface area contributed by atoms with E-state index in [1.165, 1.54) is 6.07 Å². The molecule has 128 valence electrons. The van der Waals surface area contributed by atoms with Gasteiger partial charge in [-0.1, -0.05) is 12.1 Å². The van der Waals surface area contributed by atoms with Gasteiger partial charge >= 0.3 is 19.0 Å². The Morgan fingerprint density at radius 2 is 1.78 bits per heavy atom. The monoisotopic (exact) mass is 332 g/mol. The molecule has 0 saturated heterocycles. The van der Waals surface area contributed by atoms with Crippen molar-refractivity contribution in [2.24, 2.45) is 0 Å². The molecule has 5 nitrogen and oxygen atoms in total. The predicted octanol–water partition coefficient (Wildman–Crippen LogP) is 2.80. The second-order valence-electron chi connectivity index (χ2n) is 5.92. The van der Waals surface area contributed by atoms with E-state index < -0.39 is 30.1 Å². The molecule has 0 bridgehead atoms. The topological polar surface area (TPSA) is 64.6 Å². The molecule has 0 unspecified atom stereocenters. The third-order valence-electron chi connectivity index (χ3n) is 2.61. The molecule has 0 radical (unpaired) electrons. The maximum Gasteiger partial charge on any atom is 0.509 e. The summed E-state index contributed by atoms with van der Waals surface area (Å²) < 4.78 is 48.4. The minimum atomic E-state index is -5.28. The number of esters is 1. The number of methoxy groups -OCH3 is 1. The lowest BCUT2D eigenvalue weighted by atomic mass is 9.79. The molecular formula is C14H18BF3NO4-. The molecule has 23 heavy (non-hydrogen) atoms.